The Kier molecular flexibility index (Phi) is 4.96. The van der Waals surface area contributed by atoms with Gasteiger partial charge in [-0.1, -0.05) is 0 Å². The topological polar surface area (TPSA) is 79.4 Å². The first-order valence-corrected chi connectivity index (χ1v) is 5.60. The molecule has 1 aromatic rings. The molecule has 0 fully saturated rings. The number of aromatic nitrogens is 2. The van der Waals surface area contributed by atoms with E-state index in [0.29, 0.717) is 43.3 Å². The number of anilines is 1. The summed E-state index contributed by atoms with van der Waals surface area (Å²) in [5, 5.41) is 4.16. The van der Waals surface area contributed by atoms with Gasteiger partial charge >= 0.3 is 5.97 Å². The first-order valence-electron chi connectivity index (χ1n) is 5.60. The van der Waals surface area contributed by atoms with Crippen LogP contribution in [-0.2, 0) is 16.0 Å². The first kappa shape index (κ1) is 13.5. The number of esters is 1. The summed E-state index contributed by atoms with van der Waals surface area (Å²) >= 11 is 0. The summed E-state index contributed by atoms with van der Waals surface area (Å²) in [6.45, 7) is 5.13. The fraction of sp³-hybridized carbons (Fsp3) is 0.636. The molecule has 0 bridgehead atoms. The van der Waals surface area contributed by atoms with E-state index in [1.165, 1.54) is 0 Å². The van der Waals surface area contributed by atoms with E-state index in [0.717, 1.165) is 0 Å². The molecule has 0 spiro atoms. The summed E-state index contributed by atoms with van der Waals surface area (Å²) in [7, 11) is 1.61. The van der Waals surface area contributed by atoms with Gasteiger partial charge in [0.15, 0.2) is 5.69 Å². The quantitative estimate of drug-likeness (QED) is 0.593. The van der Waals surface area contributed by atoms with Crippen molar-refractivity contribution in [2.75, 3.05) is 26.1 Å². The van der Waals surface area contributed by atoms with Crippen LogP contribution in [0.4, 0.5) is 5.69 Å². The number of nitrogens with zero attached hydrogens (tertiary/aromatic N) is 2. The highest BCUT2D eigenvalue weighted by molar-refractivity contribution is 5.93. The van der Waals surface area contributed by atoms with Crippen molar-refractivity contribution in [3.05, 3.63) is 11.4 Å². The second-order valence-electron chi connectivity index (χ2n) is 3.65. The van der Waals surface area contributed by atoms with Crippen LogP contribution in [0.1, 0.15) is 29.5 Å². The highest BCUT2D eigenvalue weighted by atomic mass is 16.5. The number of carbonyl (C=O) groups excluding carboxylic acids is 1. The SMILES string of the molecule is CCn1nc(C)c(N)c1C(=O)OCCCOC. The minimum Gasteiger partial charge on any atom is -0.461 e. The third-order valence-corrected chi connectivity index (χ3v) is 2.39. The summed E-state index contributed by atoms with van der Waals surface area (Å²) in [6.07, 6.45) is 0.668. The van der Waals surface area contributed by atoms with Crippen molar-refractivity contribution in [1.82, 2.24) is 9.78 Å². The molecule has 0 atom stereocenters. The second-order valence-corrected chi connectivity index (χ2v) is 3.65. The average molecular weight is 241 g/mol. The molecular formula is C11H19N3O3. The summed E-state index contributed by atoms with van der Waals surface area (Å²) in [5.74, 6) is -0.430. The number of aryl methyl sites for hydroxylation is 2. The van der Waals surface area contributed by atoms with Gasteiger partial charge in [0.05, 0.1) is 18.0 Å². The van der Waals surface area contributed by atoms with Crippen LogP contribution >= 0.6 is 0 Å². The number of hydrogen-bond donors (Lipinski definition) is 1. The number of nitrogens with two attached hydrogens (primary N) is 1. The Labute approximate surface area is 101 Å². The average Bonchev–Trinajstić information content (AvgIpc) is 2.61. The van der Waals surface area contributed by atoms with E-state index in [4.69, 9.17) is 15.2 Å². The lowest BCUT2D eigenvalue weighted by molar-refractivity contribution is 0.0456. The van der Waals surface area contributed by atoms with E-state index < -0.39 is 5.97 Å². The van der Waals surface area contributed by atoms with Crippen LogP contribution in [0, 0.1) is 6.92 Å². The van der Waals surface area contributed by atoms with Crippen LogP contribution in [0.5, 0.6) is 0 Å². The van der Waals surface area contributed by atoms with Crippen molar-refractivity contribution in [3.8, 4) is 0 Å². The van der Waals surface area contributed by atoms with Gasteiger partial charge in [-0.05, 0) is 13.8 Å². The molecule has 6 heteroatoms. The zero-order chi connectivity index (χ0) is 12.8. The van der Waals surface area contributed by atoms with Gasteiger partial charge in [-0.15, -0.1) is 0 Å². The molecule has 1 rings (SSSR count). The summed E-state index contributed by atoms with van der Waals surface area (Å²) in [5.41, 5.74) is 7.18. The zero-order valence-electron chi connectivity index (χ0n) is 10.5. The first-order chi connectivity index (χ1) is 8.11. The Morgan fingerprint density at radius 3 is 2.76 bits per heavy atom. The molecule has 17 heavy (non-hydrogen) atoms. The molecule has 2 N–H and O–H groups in total. The Hall–Kier alpha value is -1.56. The molecule has 1 aromatic heterocycles. The molecule has 1 heterocycles. The molecule has 0 unspecified atom stereocenters. The van der Waals surface area contributed by atoms with Gasteiger partial charge in [0, 0.05) is 26.7 Å². The maximum absolute atomic E-state index is 11.8. The number of ether oxygens (including phenoxy) is 2. The maximum atomic E-state index is 11.8. The molecule has 96 valence electrons. The molecule has 0 aliphatic carbocycles. The van der Waals surface area contributed by atoms with Crippen LogP contribution in [0.2, 0.25) is 0 Å². The van der Waals surface area contributed by atoms with Gasteiger partial charge < -0.3 is 15.2 Å². The van der Waals surface area contributed by atoms with E-state index >= 15 is 0 Å². The van der Waals surface area contributed by atoms with Crippen molar-refractivity contribution in [1.29, 1.82) is 0 Å². The largest absolute Gasteiger partial charge is 0.461 e. The van der Waals surface area contributed by atoms with Gasteiger partial charge in [0.2, 0.25) is 0 Å². The Balaban J connectivity index is 2.68. The number of rotatable bonds is 6. The number of nitrogen functional groups attached to an aromatic ring is 1. The lowest BCUT2D eigenvalue weighted by atomic mass is 10.3. The molecule has 0 amide bonds. The number of carbonyl (C=O) groups is 1. The maximum Gasteiger partial charge on any atom is 0.358 e. The van der Waals surface area contributed by atoms with Crippen molar-refractivity contribution in [3.63, 3.8) is 0 Å². The normalized spacial score (nSPS) is 10.5. The number of hydrogen-bond acceptors (Lipinski definition) is 5. The monoisotopic (exact) mass is 241 g/mol. The third kappa shape index (κ3) is 3.20. The Bertz CT molecular complexity index is 388. The van der Waals surface area contributed by atoms with E-state index in [9.17, 15) is 4.79 Å². The van der Waals surface area contributed by atoms with Crippen LogP contribution in [-0.4, -0.2) is 36.1 Å². The second kappa shape index (κ2) is 6.24. The molecule has 0 saturated heterocycles. The van der Waals surface area contributed by atoms with Crippen LogP contribution in [0.25, 0.3) is 0 Å². The predicted molar refractivity (Wildman–Crippen MR) is 63.8 cm³/mol. The lowest BCUT2D eigenvalue weighted by Gasteiger charge is -2.06. The van der Waals surface area contributed by atoms with E-state index in [1.807, 2.05) is 6.92 Å². The minimum atomic E-state index is -0.430. The van der Waals surface area contributed by atoms with Gasteiger partial charge in [0.1, 0.15) is 0 Å². The molecule has 0 radical (unpaired) electrons. The Morgan fingerprint density at radius 2 is 2.18 bits per heavy atom. The fourth-order valence-corrected chi connectivity index (χ4v) is 1.48. The smallest absolute Gasteiger partial charge is 0.358 e. The van der Waals surface area contributed by atoms with E-state index in [1.54, 1.807) is 18.7 Å². The van der Waals surface area contributed by atoms with Crippen LogP contribution in [0.3, 0.4) is 0 Å². The van der Waals surface area contributed by atoms with E-state index in [-0.39, 0.29) is 0 Å². The molecule has 0 aliphatic rings. The van der Waals surface area contributed by atoms with Gasteiger partial charge in [-0.3, -0.25) is 4.68 Å². The van der Waals surface area contributed by atoms with E-state index in [2.05, 4.69) is 5.10 Å². The molecule has 6 nitrogen and oxygen atoms in total. The van der Waals surface area contributed by atoms with Crippen LogP contribution in [0.15, 0.2) is 0 Å². The Morgan fingerprint density at radius 1 is 1.47 bits per heavy atom. The predicted octanol–water partition coefficient (Wildman–Crippen LogP) is 0.987. The number of methoxy groups -OCH3 is 1. The van der Waals surface area contributed by atoms with Crippen molar-refractivity contribution in [2.45, 2.75) is 26.8 Å². The summed E-state index contributed by atoms with van der Waals surface area (Å²) in [4.78, 5) is 11.8. The van der Waals surface area contributed by atoms with Crippen molar-refractivity contribution < 1.29 is 14.3 Å². The molecule has 0 aliphatic heterocycles. The van der Waals surface area contributed by atoms with Crippen molar-refractivity contribution >= 4 is 11.7 Å². The lowest BCUT2D eigenvalue weighted by Crippen LogP contribution is -2.15. The minimum absolute atomic E-state index is 0.319. The van der Waals surface area contributed by atoms with Gasteiger partial charge in [0.25, 0.3) is 0 Å². The molecular weight excluding hydrogens is 222 g/mol. The summed E-state index contributed by atoms with van der Waals surface area (Å²) in [6, 6.07) is 0. The standard InChI is InChI=1S/C11H19N3O3/c1-4-14-10(9(12)8(2)13-14)11(15)17-7-5-6-16-3/h4-7,12H2,1-3H3. The molecule has 0 saturated carbocycles. The van der Waals surface area contributed by atoms with Crippen molar-refractivity contribution in [2.24, 2.45) is 0 Å². The third-order valence-electron chi connectivity index (χ3n) is 2.39. The zero-order valence-corrected chi connectivity index (χ0v) is 10.5. The highest BCUT2D eigenvalue weighted by Gasteiger charge is 2.20. The highest BCUT2D eigenvalue weighted by Crippen LogP contribution is 2.17. The molecule has 0 aromatic carbocycles. The fourth-order valence-electron chi connectivity index (χ4n) is 1.48. The van der Waals surface area contributed by atoms with Gasteiger partial charge in [-0.2, -0.15) is 5.10 Å². The summed E-state index contributed by atoms with van der Waals surface area (Å²) < 4.78 is 11.5. The van der Waals surface area contributed by atoms with Crippen LogP contribution < -0.4 is 5.73 Å². The van der Waals surface area contributed by atoms with Gasteiger partial charge in [-0.25, -0.2) is 4.79 Å².